The quantitative estimate of drug-likeness (QED) is 0.475. The largest absolute Gasteiger partial charge is 0.376 e. The first-order valence-corrected chi connectivity index (χ1v) is 12.6. The van der Waals surface area contributed by atoms with Crippen LogP contribution < -0.4 is 10.0 Å². The average Bonchev–Trinajstić information content (AvgIpc) is 3.44. The van der Waals surface area contributed by atoms with Crippen molar-refractivity contribution in [1.29, 1.82) is 0 Å². The molecule has 0 saturated carbocycles. The number of sulfonamides is 1. The summed E-state index contributed by atoms with van der Waals surface area (Å²) in [4.78, 5) is 5.71. The highest BCUT2D eigenvalue weighted by atomic mass is 35.5. The number of hydrogen-bond acceptors (Lipinski definition) is 6. The SMILES string of the molecule is O=S(=O)(Nc1nccs1)c1cc(Cl)c(N[C@@H](CN2CCCC2)c2ccccc2)cc1F. The highest BCUT2D eigenvalue weighted by Crippen LogP contribution is 2.32. The molecule has 0 spiro atoms. The Morgan fingerprint density at radius 1 is 1.19 bits per heavy atom. The number of thiazole rings is 1. The summed E-state index contributed by atoms with van der Waals surface area (Å²) in [6, 6.07) is 12.0. The van der Waals surface area contributed by atoms with Crippen LogP contribution >= 0.6 is 22.9 Å². The van der Waals surface area contributed by atoms with E-state index < -0.39 is 20.7 Å². The van der Waals surface area contributed by atoms with Crippen LogP contribution in [0.4, 0.5) is 15.2 Å². The first-order chi connectivity index (χ1) is 14.9. The Hall–Kier alpha value is -2.20. The third-order valence-corrected chi connectivity index (χ3v) is 7.62. The maximum atomic E-state index is 14.9. The van der Waals surface area contributed by atoms with Crippen molar-refractivity contribution in [3.63, 3.8) is 0 Å². The van der Waals surface area contributed by atoms with Crippen molar-refractivity contribution >= 4 is 43.8 Å². The van der Waals surface area contributed by atoms with Crippen LogP contribution in [-0.2, 0) is 10.0 Å². The van der Waals surface area contributed by atoms with E-state index >= 15 is 0 Å². The van der Waals surface area contributed by atoms with Gasteiger partial charge in [-0.05, 0) is 43.6 Å². The van der Waals surface area contributed by atoms with Gasteiger partial charge in [0.2, 0.25) is 0 Å². The second kappa shape index (κ2) is 9.52. The maximum Gasteiger partial charge on any atom is 0.266 e. The first kappa shape index (κ1) is 22.0. The first-order valence-electron chi connectivity index (χ1n) is 9.87. The van der Waals surface area contributed by atoms with E-state index in [1.807, 2.05) is 30.3 Å². The summed E-state index contributed by atoms with van der Waals surface area (Å²) in [5.41, 5.74) is 1.40. The van der Waals surface area contributed by atoms with Crippen LogP contribution in [0.25, 0.3) is 0 Å². The smallest absolute Gasteiger partial charge is 0.266 e. The number of rotatable bonds is 8. The fourth-order valence-electron chi connectivity index (χ4n) is 3.62. The Morgan fingerprint density at radius 2 is 1.94 bits per heavy atom. The van der Waals surface area contributed by atoms with E-state index in [4.69, 9.17) is 11.6 Å². The standard InChI is InChI=1S/C21H22ClFN4O2S2/c22-16-12-20(31(28,29)26-21-24-8-11-30-21)17(23)13-18(16)25-19(14-27-9-4-5-10-27)15-6-2-1-3-7-15/h1-3,6-8,11-13,19,25H,4-5,9-10,14H2,(H,24,26)/t19-/m0/s1. The van der Waals surface area contributed by atoms with Crippen molar-refractivity contribution in [3.05, 3.63) is 70.4 Å². The van der Waals surface area contributed by atoms with Gasteiger partial charge in [-0.2, -0.15) is 0 Å². The van der Waals surface area contributed by atoms with E-state index in [1.165, 1.54) is 6.20 Å². The molecule has 31 heavy (non-hydrogen) atoms. The van der Waals surface area contributed by atoms with Gasteiger partial charge in [0, 0.05) is 18.1 Å². The molecule has 1 saturated heterocycles. The van der Waals surface area contributed by atoms with Crippen molar-refractivity contribution in [2.75, 3.05) is 29.7 Å². The van der Waals surface area contributed by atoms with Gasteiger partial charge in [-0.1, -0.05) is 41.9 Å². The summed E-state index contributed by atoms with van der Waals surface area (Å²) in [5, 5.41) is 5.23. The predicted molar refractivity (Wildman–Crippen MR) is 123 cm³/mol. The van der Waals surface area contributed by atoms with Crippen molar-refractivity contribution in [2.24, 2.45) is 0 Å². The van der Waals surface area contributed by atoms with Gasteiger partial charge in [0.05, 0.1) is 16.8 Å². The molecule has 2 heterocycles. The zero-order valence-electron chi connectivity index (χ0n) is 16.6. The number of benzene rings is 2. The van der Waals surface area contributed by atoms with E-state index in [0.717, 1.165) is 61.5 Å². The Labute approximate surface area is 190 Å². The molecule has 4 rings (SSSR count). The second-order valence-electron chi connectivity index (χ2n) is 7.32. The molecule has 1 atom stereocenters. The molecule has 1 fully saturated rings. The van der Waals surface area contributed by atoms with Crippen LogP contribution in [-0.4, -0.2) is 37.9 Å². The van der Waals surface area contributed by atoms with Crippen LogP contribution in [0.5, 0.6) is 0 Å². The van der Waals surface area contributed by atoms with Gasteiger partial charge in [-0.15, -0.1) is 11.3 Å². The number of nitrogens with one attached hydrogen (secondary N) is 2. The highest BCUT2D eigenvalue weighted by Gasteiger charge is 2.24. The summed E-state index contributed by atoms with van der Waals surface area (Å²) in [6.45, 7) is 2.78. The van der Waals surface area contributed by atoms with Crippen LogP contribution in [0.2, 0.25) is 5.02 Å². The molecule has 1 aliphatic heterocycles. The fraction of sp³-hybridized carbons (Fsp3) is 0.286. The molecule has 2 aromatic carbocycles. The molecule has 10 heteroatoms. The van der Waals surface area contributed by atoms with E-state index in [0.29, 0.717) is 5.69 Å². The molecule has 0 amide bonds. The number of nitrogens with zero attached hydrogens (tertiary/aromatic N) is 2. The zero-order chi connectivity index (χ0) is 21.8. The minimum atomic E-state index is -4.15. The predicted octanol–water partition coefficient (Wildman–Crippen LogP) is 4.99. The Balaban J connectivity index is 1.60. The van der Waals surface area contributed by atoms with Gasteiger partial charge in [0.25, 0.3) is 10.0 Å². The monoisotopic (exact) mass is 480 g/mol. The lowest BCUT2D eigenvalue weighted by atomic mass is 10.1. The molecule has 2 N–H and O–H groups in total. The van der Waals surface area contributed by atoms with Crippen molar-refractivity contribution in [3.8, 4) is 0 Å². The van der Waals surface area contributed by atoms with Crippen molar-refractivity contribution in [1.82, 2.24) is 9.88 Å². The minimum absolute atomic E-state index is 0.118. The normalized spacial score (nSPS) is 15.7. The minimum Gasteiger partial charge on any atom is -0.376 e. The summed E-state index contributed by atoms with van der Waals surface area (Å²) < 4.78 is 42.3. The summed E-state index contributed by atoms with van der Waals surface area (Å²) in [7, 11) is -4.15. The van der Waals surface area contributed by atoms with Gasteiger partial charge in [0.1, 0.15) is 10.7 Å². The van der Waals surface area contributed by atoms with E-state index in [1.54, 1.807) is 5.38 Å². The number of likely N-dealkylation sites (tertiary alicyclic amines) is 1. The van der Waals surface area contributed by atoms with Gasteiger partial charge in [-0.3, -0.25) is 4.72 Å². The third kappa shape index (κ3) is 5.35. The maximum absolute atomic E-state index is 14.9. The van der Waals surface area contributed by atoms with Crippen LogP contribution in [0.1, 0.15) is 24.4 Å². The molecule has 3 aromatic rings. The molecular formula is C21H22ClFN4O2S2. The van der Waals surface area contributed by atoms with Crippen LogP contribution in [0.3, 0.4) is 0 Å². The number of anilines is 2. The van der Waals surface area contributed by atoms with Crippen LogP contribution in [0.15, 0.2) is 58.9 Å². The summed E-state index contributed by atoms with van der Waals surface area (Å²) in [6.07, 6.45) is 3.79. The number of hydrogen-bond donors (Lipinski definition) is 2. The Kier molecular flexibility index (Phi) is 6.76. The molecule has 0 radical (unpaired) electrons. The topological polar surface area (TPSA) is 74.3 Å². The molecule has 0 bridgehead atoms. The highest BCUT2D eigenvalue weighted by molar-refractivity contribution is 7.93. The van der Waals surface area contributed by atoms with Gasteiger partial charge in [-0.25, -0.2) is 17.8 Å². The number of halogens is 2. The fourth-order valence-corrected chi connectivity index (χ4v) is 5.78. The molecule has 1 aliphatic rings. The van der Waals surface area contributed by atoms with Crippen molar-refractivity contribution in [2.45, 2.75) is 23.8 Å². The molecule has 0 unspecified atom stereocenters. The lowest BCUT2D eigenvalue weighted by molar-refractivity contribution is 0.323. The second-order valence-corrected chi connectivity index (χ2v) is 10.3. The molecule has 164 valence electrons. The van der Waals surface area contributed by atoms with Gasteiger partial charge < -0.3 is 10.2 Å². The zero-order valence-corrected chi connectivity index (χ0v) is 19.0. The number of aromatic nitrogens is 1. The Morgan fingerprint density at radius 3 is 2.61 bits per heavy atom. The van der Waals surface area contributed by atoms with E-state index in [9.17, 15) is 12.8 Å². The molecular weight excluding hydrogens is 459 g/mol. The van der Waals surface area contributed by atoms with E-state index in [-0.39, 0.29) is 16.2 Å². The van der Waals surface area contributed by atoms with E-state index in [2.05, 4.69) is 19.9 Å². The van der Waals surface area contributed by atoms with Gasteiger partial charge in [0.15, 0.2) is 5.13 Å². The summed E-state index contributed by atoms with van der Waals surface area (Å²) >= 11 is 7.49. The average molecular weight is 481 g/mol. The Bertz CT molecular complexity index is 1120. The van der Waals surface area contributed by atoms with Gasteiger partial charge >= 0.3 is 0 Å². The molecule has 6 nitrogen and oxygen atoms in total. The molecule has 0 aliphatic carbocycles. The lowest BCUT2D eigenvalue weighted by Crippen LogP contribution is -2.29. The van der Waals surface area contributed by atoms with Crippen LogP contribution in [0, 0.1) is 5.82 Å². The summed E-state index contributed by atoms with van der Waals surface area (Å²) in [5.74, 6) is -0.885. The van der Waals surface area contributed by atoms with Crippen molar-refractivity contribution < 1.29 is 12.8 Å². The molecule has 1 aromatic heterocycles. The lowest BCUT2D eigenvalue weighted by Gasteiger charge is -2.26. The third-order valence-electron chi connectivity index (χ3n) is 5.14.